The number of aliphatic hydroxyl groups is 2. The van der Waals surface area contributed by atoms with Crippen molar-refractivity contribution in [2.75, 3.05) is 37.5 Å². The van der Waals surface area contributed by atoms with Crippen LogP contribution in [-0.2, 0) is 6.18 Å². The first-order chi connectivity index (χ1) is 11.7. The van der Waals surface area contributed by atoms with E-state index in [0.717, 1.165) is 12.1 Å². The molecule has 8 heteroatoms. The second-order valence-electron chi connectivity index (χ2n) is 5.79. The summed E-state index contributed by atoms with van der Waals surface area (Å²) in [6.07, 6.45) is -5.34. The Morgan fingerprint density at radius 3 is 2.32 bits per heavy atom. The van der Waals surface area contributed by atoms with E-state index in [2.05, 4.69) is 10.3 Å². The highest BCUT2D eigenvalue weighted by Gasteiger charge is 2.32. The zero-order chi connectivity index (χ0) is 18.6. The molecule has 0 saturated heterocycles. The molecule has 1 aromatic carbocycles. The fourth-order valence-electron chi connectivity index (χ4n) is 2.12. The zero-order valence-corrected chi connectivity index (χ0v) is 13.9. The van der Waals surface area contributed by atoms with Gasteiger partial charge in [0, 0.05) is 31.9 Å². The van der Waals surface area contributed by atoms with Crippen LogP contribution in [0.25, 0.3) is 11.3 Å². The molecular formula is C17H20F3N3O2. The van der Waals surface area contributed by atoms with Crippen LogP contribution in [0.1, 0.15) is 5.56 Å². The lowest BCUT2D eigenvalue weighted by Gasteiger charge is -2.16. The third kappa shape index (κ3) is 5.07. The van der Waals surface area contributed by atoms with Crippen molar-refractivity contribution in [3.8, 4) is 11.3 Å². The highest BCUT2D eigenvalue weighted by atomic mass is 19.4. The van der Waals surface area contributed by atoms with Crippen LogP contribution in [0, 0.1) is 0 Å². The van der Waals surface area contributed by atoms with E-state index in [1.165, 1.54) is 4.90 Å². The summed E-state index contributed by atoms with van der Waals surface area (Å²) in [6, 6.07) is 8.68. The SMILES string of the molecule is CN(C)c1cc(C(F)(F)F)cc(-c2ccc(NCC(O)CO)cc2)n1. The standard InChI is InChI=1S/C17H20F3N3O2/c1-23(2)16-8-12(17(18,19)20)7-15(22-16)11-3-5-13(6-4-11)21-9-14(25)10-24/h3-8,14,21,24-25H,9-10H2,1-2H3. The minimum absolute atomic E-state index is 0.169. The summed E-state index contributed by atoms with van der Waals surface area (Å²) in [7, 11) is 3.26. The number of pyridine rings is 1. The summed E-state index contributed by atoms with van der Waals surface area (Å²) in [5.41, 5.74) is 0.688. The van der Waals surface area contributed by atoms with Crippen LogP contribution < -0.4 is 10.2 Å². The van der Waals surface area contributed by atoms with Gasteiger partial charge in [-0.05, 0) is 24.3 Å². The first-order valence-electron chi connectivity index (χ1n) is 7.60. The Labute approximate surface area is 143 Å². The Bertz CT molecular complexity index is 703. The number of alkyl halides is 3. The number of anilines is 2. The van der Waals surface area contributed by atoms with E-state index in [1.807, 2.05) is 0 Å². The molecule has 136 valence electrons. The van der Waals surface area contributed by atoms with Crippen LogP contribution in [0.4, 0.5) is 24.7 Å². The van der Waals surface area contributed by atoms with E-state index in [0.29, 0.717) is 11.3 Å². The summed E-state index contributed by atoms with van der Waals surface area (Å²) in [6.45, 7) is -0.186. The van der Waals surface area contributed by atoms with E-state index in [9.17, 15) is 18.3 Å². The maximum absolute atomic E-state index is 13.1. The number of halogens is 3. The van der Waals surface area contributed by atoms with Crippen molar-refractivity contribution in [2.24, 2.45) is 0 Å². The normalized spacial score (nSPS) is 12.8. The molecule has 0 spiro atoms. The monoisotopic (exact) mass is 355 g/mol. The van der Waals surface area contributed by atoms with Gasteiger partial charge in [-0.2, -0.15) is 13.2 Å². The minimum Gasteiger partial charge on any atom is -0.394 e. The van der Waals surface area contributed by atoms with Gasteiger partial charge in [-0.1, -0.05) is 12.1 Å². The molecule has 1 aromatic heterocycles. The molecule has 0 aliphatic rings. The maximum Gasteiger partial charge on any atom is 0.416 e. The quantitative estimate of drug-likeness (QED) is 0.743. The van der Waals surface area contributed by atoms with Crippen molar-refractivity contribution in [2.45, 2.75) is 12.3 Å². The van der Waals surface area contributed by atoms with Gasteiger partial charge in [0.25, 0.3) is 0 Å². The van der Waals surface area contributed by atoms with Gasteiger partial charge in [-0.3, -0.25) is 0 Å². The Morgan fingerprint density at radius 2 is 1.80 bits per heavy atom. The smallest absolute Gasteiger partial charge is 0.394 e. The molecule has 25 heavy (non-hydrogen) atoms. The van der Waals surface area contributed by atoms with Gasteiger partial charge in [0.05, 0.1) is 24.0 Å². The number of rotatable bonds is 6. The lowest BCUT2D eigenvalue weighted by molar-refractivity contribution is -0.137. The molecule has 0 radical (unpaired) electrons. The zero-order valence-electron chi connectivity index (χ0n) is 13.9. The van der Waals surface area contributed by atoms with Gasteiger partial charge < -0.3 is 20.4 Å². The second-order valence-corrected chi connectivity index (χ2v) is 5.79. The predicted octanol–water partition coefficient (Wildman–Crippen LogP) is 2.60. The van der Waals surface area contributed by atoms with Crippen LogP contribution in [0.3, 0.4) is 0 Å². The van der Waals surface area contributed by atoms with Gasteiger partial charge in [0.15, 0.2) is 0 Å². The van der Waals surface area contributed by atoms with Crippen molar-refractivity contribution in [3.05, 3.63) is 42.0 Å². The van der Waals surface area contributed by atoms with E-state index in [-0.39, 0.29) is 24.7 Å². The van der Waals surface area contributed by atoms with Gasteiger partial charge in [-0.15, -0.1) is 0 Å². The number of benzene rings is 1. The van der Waals surface area contributed by atoms with E-state index in [1.54, 1.807) is 38.4 Å². The second kappa shape index (κ2) is 7.71. The summed E-state index contributed by atoms with van der Waals surface area (Å²) < 4.78 is 39.3. The Balaban J connectivity index is 2.29. The van der Waals surface area contributed by atoms with Gasteiger partial charge in [-0.25, -0.2) is 4.98 Å². The van der Waals surface area contributed by atoms with Crippen molar-refractivity contribution < 1.29 is 23.4 Å². The molecule has 2 aromatic rings. The van der Waals surface area contributed by atoms with Gasteiger partial charge >= 0.3 is 6.18 Å². The topological polar surface area (TPSA) is 68.6 Å². The molecule has 0 fully saturated rings. The lowest BCUT2D eigenvalue weighted by Crippen LogP contribution is -2.22. The van der Waals surface area contributed by atoms with Crippen molar-refractivity contribution >= 4 is 11.5 Å². The molecule has 2 rings (SSSR count). The molecule has 0 aliphatic carbocycles. The molecule has 0 amide bonds. The van der Waals surface area contributed by atoms with E-state index < -0.39 is 17.8 Å². The average molecular weight is 355 g/mol. The molecule has 1 heterocycles. The molecule has 0 bridgehead atoms. The van der Waals surface area contributed by atoms with Crippen LogP contribution in [0.15, 0.2) is 36.4 Å². The van der Waals surface area contributed by atoms with Crippen LogP contribution >= 0.6 is 0 Å². The minimum atomic E-state index is -4.45. The van der Waals surface area contributed by atoms with Crippen LogP contribution in [0.5, 0.6) is 0 Å². The Morgan fingerprint density at radius 1 is 1.16 bits per heavy atom. The Hall–Kier alpha value is -2.32. The Kier molecular flexibility index (Phi) is 5.86. The van der Waals surface area contributed by atoms with Crippen molar-refractivity contribution in [1.82, 2.24) is 4.98 Å². The fraction of sp³-hybridized carbons (Fsp3) is 0.353. The van der Waals surface area contributed by atoms with Crippen LogP contribution in [-0.4, -0.2) is 48.5 Å². The van der Waals surface area contributed by atoms with E-state index >= 15 is 0 Å². The molecule has 1 atom stereocenters. The fourth-order valence-corrected chi connectivity index (χ4v) is 2.12. The van der Waals surface area contributed by atoms with Crippen molar-refractivity contribution in [1.29, 1.82) is 0 Å². The number of aromatic nitrogens is 1. The largest absolute Gasteiger partial charge is 0.416 e. The number of aliphatic hydroxyl groups excluding tert-OH is 2. The van der Waals surface area contributed by atoms with Crippen molar-refractivity contribution in [3.63, 3.8) is 0 Å². The third-order valence-corrected chi connectivity index (χ3v) is 3.53. The molecule has 5 nitrogen and oxygen atoms in total. The number of hydrogen-bond donors (Lipinski definition) is 3. The van der Waals surface area contributed by atoms with Gasteiger partial charge in [0.1, 0.15) is 5.82 Å². The summed E-state index contributed by atoms with van der Waals surface area (Å²) >= 11 is 0. The first-order valence-corrected chi connectivity index (χ1v) is 7.60. The molecular weight excluding hydrogens is 335 g/mol. The van der Waals surface area contributed by atoms with Gasteiger partial charge in [0.2, 0.25) is 0 Å². The summed E-state index contributed by atoms with van der Waals surface area (Å²) in [4.78, 5) is 5.79. The maximum atomic E-state index is 13.1. The number of nitrogens with zero attached hydrogens (tertiary/aromatic N) is 2. The molecule has 1 unspecified atom stereocenters. The van der Waals surface area contributed by atoms with Crippen LogP contribution in [0.2, 0.25) is 0 Å². The lowest BCUT2D eigenvalue weighted by atomic mass is 10.1. The number of hydrogen-bond acceptors (Lipinski definition) is 5. The summed E-state index contributed by atoms with van der Waals surface area (Å²) in [5, 5.41) is 21.0. The first kappa shape index (κ1) is 19.0. The highest BCUT2D eigenvalue weighted by molar-refractivity contribution is 5.65. The highest BCUT2D eigenvalue weighted by Crippen LogP contribution is 2.34. The number of nitrogens with one attached hydrogen (secondary N) is 1. The third-order valence-electron chi connectivity index (χ3n) is 3.53. The molecule has 0 saturated carbocycles. The van der Waals surface area contributed by atoms with E-state index in [4.69, 9.17) is 5.11 Å². The predicted molar refractivity (Wildman–Crippen MR) is 90.6 cm³/mol. The molecule has 0 aliphatic heterocycles. The summed E-state index contributed by atoms with van der Waals surface area (Å²) in [5.74, 6) is 0.220. The average Bonchev–Trinajstić information content (AvgIpc) is 2.58. The molecule has 3 N–H and O–H groups in total.